The molecule has 1 aliphatic rings. The first-order chi connectivity index (χ1) is 14.2. The number of allylic oxidation sites excluding steroid dienone is 4. The number of hydrogen-bond acceptors (Lipinski definition) is 2. The normalized spacial score (nSPS) is 17.7. The second-order valence-corrected chi connectivity index (χ2v) is 7.52. The molecule has 0 aliphatic heterocycles. The summed E-state index contributed by atoms with van der Waals surface area (Å²) in [6, 6.07) is 25.3. The average Bonchev–Trinajstić information content (AvgIpc) is 2.79. The summed E-state index contributed by atoms with van der Waals surface area (Å²) in [4.78, 5) is 0. The van der Waals surface area contributed by atoms with E-state index in [9.17, 15) is 10.5 Å². The van der Waals surface area contributed by atoms with Crippen molar-refractivity contribution in [2.45, 2.75) is 31.6 Å². The molecular formula is C27H26N2. The molecule has 144 valence electrons. The quantitative estimate of drug-likeness (QED) is 0.496. The molecule has 0 aromatic heterocycles. The summed E-state index contributed by atoms with van der Waals surface area (Å²) < 4.78 is 0. The summed E-state index contributed by atoms with van der Waals surface area (Å²) in [7, 11) is 0. The minimum absolute atomic E-state index is 0.105. The van der Waals surface area contributed by atoms with Crippen molar-refractivity contribution >= 4 is 6.08 Å². The molecule has 0 N–H and O–H groups in total. The zero-order chi connectivity index (χ0) is 20.5. The molecule has 1 aliphatic carbocycles. The fourth-order valence-corrected chi connectivity index (χ4v) is 4.28. The molecule has 3 rings (SSSR count). The van der Waals surface area contributed by atoms with E-state index in [1.165, 1.54) is 5.56 Å². The molecule has 0 bridgehead atoms. The molecule has 0 spiro atoms. The van der Waals surface area contributed by atoms with Crippen LogP contribution < -0.4 is 0 Å². The number of nitriles is 2. The van der Waals surface area contributed by atoms with E-state index in [2.05, 4.69) is 73.3 Å². The third-order valence-electron chi connectivity index (χ3n) is 5.72. The molecule has 1 unspecified atom stereocenters. The van der Waals surface area contributed by atoms with Crippen LogP contribution in [-0.4, -0.2) is 0 Å². The fourth-order valence-electron chi connectivity index (χ4n) is 4.28. The molecule has 0 saturated heterocycles. The van der Waals surface area contributed by atoms with E-state index in [1.807, 2.05) is 24.3 Å². The second kappa shape index (κ2) is 9.72. The van der Waals surface area contributed by atoms with Crippen LogP contribution in [0.5, 0.6) is 0 Å². The number of benzene rings is 2. The zero-order valence-corrected chi connectivity index (χ0v) is 16.7. The Kier molecular flexibility index (Phi) is 6.83. The van der Waals surface area contributed by atoms with Crippen molar-refractivity contribution in [1.82, 2.24) is 0 Å². The largest absolute Gasteiger partial charge is 0.196 e. The van der Waals surface area contributed by atoms with Crippen molar-refractivity contribution in [3.63, 3.8) is 0 Å². The highest BCUT2D eigenvalue weighted by molar-refractivity contribution is 5.52. The molecule has 2 atom stereocenters. The van der Waals surface area contributed by atoms with Gasteiger partial charge in [-0.1, -0.05) is 85.0 Å². The van der Waals surface area contributed by atoms with Crippen LogP contribution in [0.15, 0.2) is 91.0 Å². The highest BCUT2D eigenvalue weighted by Gasteiger charge is 2.41. The van der Waals surface area contributed by atoms with E-state index in [1.54, 1.807) is 6.08 Å². The third kappa shape index (κ3) is 4.56. The van der Waals surface area contributed by atoms with Crippen LogP contribution in [0.1, 0.15) is 42.7 Å². The van der Waals surface area contributed by atoms with Gasteiger partial charge in [0.15, 0.2) is 5.41 Å². The first kappa shape index (κ1) is 20.4. The molecule has 0 amide bonds. The van der Waals surface area contributed by atoms with Crippen LogP contribution in [0.2, 0.25) is 0 Å². The summed E-state index contributed by atoms with van der Waals surface area (Å²) in [6.45, 7) is 3.80. The van der Waals surface area contributed by atoms with Crippen LogP contribution in [0, 0.1) is 34.0 Å². The van der Waals surface area contributed by atoms with Gasteiger partial charge in [0.2, 0.25) is 0 Å². The van der Waals surface area contributed by atoms with Gasteiger partial charge in [-0.3, -0.25) is 0 Å². The minimum atomic E-state index is -1.14. The number of hydrogen-bond donors (Lipinski definition) is 0. The van der Waals surface area contributed by atoms with Gasteiger partial charge in [0.25, 0.3) is 0 Å². The number of rotatable bonds is 7. The van der Waals surface area contributed by atoms with Crippen molar-refractivity contribution in [3.8, 4) is 12.1 Å². The molecule has 0 heterocycles. The molecule has 2 heteroatoms. The lowest BCUT2D eigenvalue weighted by Crippen LogP contribution is -2.29. The highest BCUT2D eigenvalue weighted by atomic mass is 14.5. The number of nitrogens with zero attached hydrogens (tertiary/aromatic N) is 2. The predicted octanol–water partition coefficient (Wildman–Crippen LogP) is 6.82. The van der Waals surface area contributed by atoms with Gasteiger partial charge in [0, 0.05) is 12.3 Å². The van der Waals surface area contributed by atoms with Gasteiger partial charge in [0.1, 0.15) is 0 Å². The summed E-state index contributed by atoms with van der Waals surface area (Å²) in [5, 5.41) is 19.9. The Labute approximate surface area is 174 Å². The van der Waals surface area contributed by atoms with Gasteiger partial charge in [-0.05, 0) is 41.9 Å². The van der Waals surface area contributed by atoms with Gasteiger partial charge in [-0.25, -0.2) is 0 Å². The minimum Gasteiger partial charge on any atom is -0.196 e. The second-order valence-electron chi connectivity index (χ2n) is 7.52. The van der Waals surface area contributed by atoms with E-state index in [-0.39, 0.29) is 11.8 Å². The van der Waals surface area contributed by atoms with Crippen molar-refractivity contribution in [2.24, 2.45) is 11.3 Å². The van der Waals surface area contributed by atoms with E-state index >= 15 is 0 Å². The van der Waals surface area contributed by atoms with Crippen molar-refractivity contribution in [2.75, 3.05) is 0 Å². The molecule has 0 radical (unpaired) electrons. The summed E-state index contributed by atoms with van der Waals surface area (Å²) in [5.41, 5.74) is 2.18. The molecule has 0 saturated carbocycles. The molecule has 29 heavy (non-hydrogen) atoms. The van der Waals surface area contributed by atoms with Gasteiger partial charge < -0.3 is 0 Å². The summed E-state index contributed by atoms with van der Waals surface area (Å²) in [6.07, 6.45) is 11.5. The highest BCUT2D eigenvalue weighted by Crippen LogP contribution is 2.47. The van der Waals surface area contributed by atoms with Crippen LogP contribution >= 0.6 is 0 Å². The standard InChI is InChI=1S/C27H26N2/c1-2-19-27(20-28,21-29)26-16-10-9-15-25(26)24(23-13-7-4-8-14-23)18-17-22-11-5-3-6-12-22/h2-8,11-14,16-18,24-25H,1,9-10,15,19H2/b18-17+/t24?,25-/m0/s1. The van der Waals surface area contributed by atoms with Crippen LogP contribution in [0.4, 0.5) is 0 Å². The van der Waals surface area contributed by atoms with Crippen molar-refractivity contribution in [3.05, 3.63) is 102 Å². The summed E-state index contributed by atoms with van der Waals surface area (Å²) >= 11 is 0. The summed E-state index contributed by atoms with van der Waals surface area (Å²) in [5.74, 6) is 0.221. The SMILES string of the molecule is C=CCC(C#N)(C#N)C1=CCCC[C@H]1C(/C=C/c1ccccc1)c1ccccc1. The Morgan fingerprint density at radius 2 is 1.69 bits per heavy atom. The monoisotopic (exact) mass is 378 g/mol. The molecule has 2 nitrogen and oxygen atoms in total. The van der Waals surface area contributed by atoms with Crippen molar-refractivity contribution in [1.29, 1.82) is 10.5 Å². The Morgan fingerprint density at radius 1 is 1.03 bits per heavy atom. The molecular weight excluding hydrogens is 352 g/mol. The van der Waals surface area contributed by atoms with E-state index < -0.39 is 5.41 Å². The predicted molar refractivity (Wildman–Crippen MR) is 119 cm³/mol. The maximum atomic E-state index is 9.96. The third-order valence-corrected chi connectivity index (χ3v) is 5.72. The average molecular weight is 379 g/mol. The van der Waals surface area contributed by atoms with Gasteiger partial charge in [-0.2, -0.15) is 10.5 Å². The molecule has 2 aromatic rings. The lowest BCUT2D eigenvalue weighted by Gasteiger charge is -2.36. The Balaban J connectivity index is 2.06. The zero-order valence-electron chi connectivity index (χ0n) is 16.7. The maximum absolute atomic E-state index is 9.96. The lowest BCUT2D eigenvalue weighted by atomic mass is 9.65. The van der Waals surface area contributed by atoms with Gasteiger partial charge in [-0.15, -0.1) is 6.58 Å². The van der Waals surface area contributed by atoms with Crippen molar-refractivity contribution < 1.29 is 0 Å². The Bertz CT molecular complexity index is 941. The molecule has 2 aromatic carbocycles. The van der Waals surface area contributed by atoms with Crippen LogP contribution in [-0.2, 0) is 0 Å². The fraction of sp³-hybridized carbons (Fsp3) is 0.259. The Hall–Kier alpha value is -3.36. The van der Waals surface area contributed by atoms with E-state index in [4.69, 9.17) is 0 Å². The van der Waals surface area contributed by atoms with Crippen LogP contribution in [0.25, 0.3) is 6.08 Å². The maximum Gasteiger partial charge on any atom is 0.168 e. The first-order valence-electron chi connectivity index (χ1n) is 10.2. The smallest absolute Gasteiger partial charge is 0.168 e. The lowest BCUT2D eigenvalue weighted by molar-refractivity contribution is 0.405. The van der Waals surface area contributed by atoms with Crippen LogP contribution in [0.3, 0.4) is 0 Å². The molecule has 0 fully saturated rings. The van der Waals surface area contributed by atoms with Gasteiger partial charge >= 0.3 is 0 Å². The van der Waals surface area contributed by atoms with E-state index in [0.29, 0.717) is 6.42 Å². The van der Waals surface area contributed by atoms with Gasteiger partial charge in [0.05, 0.1) is 12.1 Å². The van der Waals surface area contributed by atoms with E-state index in [0.717, 1.165) is 30.4 Å². The Morgan fingerprint density at radius 3 is 2.31 bits per heavy atom. The topological polar surface area (TPSA) is 47.6 Å². The first-order valence-corrected chi connectivity index (χ1v) is 10.2.